The molecule has 0 unspecified atom stereocenters. The van der Waals surface area contributed by atoms with Gasteiger partial charge in [0.2, 0.25) is 0 Å². The molecular formula is C11H6F3NO3. The summed E-state index contributed by atoms with van der Waals surface area (Å²) in [4.78, 5) is 24.4. The maximum atomic E-state index is 12.4. The average Bonchev–Trinajstić information content (AvgIpc) is 2.65. The van der Waals surface area contributed by atoms with Crippen molar-refractivity contribution in [3.63, 3.8) is 0 Å². The number of rotatable bonds is 2. The second kappa shape index (κ2) is 3.86. The standard InChI is InChI=1S/C11H6F3NO3/c12-11(13,14)9(16)7-5-3-1-2-4-6(5)15-8(7)10(17)18/h1-4,15H,(H,17,18). The van der Waals surface area contributed by atoms with Crippen LogP contribution in [0.3, 0.4) is 0 Å². The van der Waals surface area contributed by atoms with Crippen molar-refractivity contribution >= 4 is 22.7 Å². The SMILES string of the molecule is O=C(O)c1[nH]c2ccccc2c1C(=O)C(F)(F)F. The molecule has 0 atom stereocenters. The molecule has 0 saturated heterocycles. The largest absolute Gasteiger partial charge is 0.477 e. The highest BCUT2D eigenvalue weighted by Gasteiger charge is 2.42. The average molecular weight is 257 g/mol. The number of hydrogen-bond acceptors (Lipinski definition) is 2. The van der Waals surface area contributed by atoms with Gasteiger partial charge in [-0.05, 0) is 6.07 Å². The molecule has 94 valence electrons. The maximum Gasteiger partial charge on any atom is 0.454 e. The first-order chi connectivity index (χ1) is 8.32. The van der Waals surface area contributed by atoms with Gasteiger partial charge in [-0.25, -0.2) is 4.79 Å². The van der Waals surface area contributed by atoms with Crippen LogP contribution < -0.4 is 0 Å². The van der Waals surface area contributed by atoms with Gasteiger partial charge in [0, 0.05) is 10.9 Å². The van der Waals surface area contributed by atoms with Crippen molar-refractivity contribution in [2.24, 2.45) is 0 Å². The van der Waals surface area contributed by atoms with Crippen molar-refractivity contribution in [1.82, 2.24) is 4.98 Å². The number of Topliss-reactive ketones (excluding diaryl/α,β-unsaturated/α-hetero) is 1. The molecule has 0 bridgehead atoms. The zero-order valence-electron chi connectivity index (χ0n) is 8.71. The van der Waals surface area contributed by atoms with Crippen LogP contribution in [0.25, 0.3) is 10.9 Å². The van der Waals surface area contributed by atoms with Crippen molar-refractivity contribution in [3.8, 4) is 0 Å². The molecule has 2 N–H and O–H groups in total. The number of hydrogen-bond donors (Lipinski definition) is 2. The number of carboxylic acids is 1. The van der Waals surface area contributed by atoms with Gasteiger partial charge in [-0.3, -0.25) is 4.79 Å². The number of alkyl halides is 3. The number of para-hydroxylation sites is 1. The molecule has 0 amide bonds. The number of carbonyl (C=O) groups is 2. The Kier molecular flexibility index (Phi) is 2.61. The topological polar surface area (TPSA) is 70.2 Å². The number of aromatic nitrogens is 1. The highest BCUT2D eigenvalue weighted by molar-refractivity contribution is 6.16. The van der Waals surface area contributed by atoms with Gasteiger partial charge in [0.25, 0.3) is 5.78 Å². The van der Waals surface area contributed by atoms with Crippen molar-refractivity contribution in [1.29, 1.82) is 0 Å². The quantitative estimate of drug-likeness (QED) is 0.812. The minimum atomic E-state index is -5.12. The number of fused-ring (bicyclic) bond motifs is 1. The van der Waals surface area contributed by atoms with E-state index in [0.29, 0.717) is 0 Å². The normalized spacial score (nSPS) is 11.7. The minimum Gasteiger partial charge on any atom is -0.477 e. The Bertz CT molecular complexity index is 643. The number of aromatic carboxylic acids is 1. The molecule has 0 aliphatic carbocycles. The van der Waals surface area contributed by atoms with E-state index in [1.807, 2.05) is 0 Å². The second-order valence-electron chi connectivity index (χ2n) is 3.55. The van der Waals surface area contributed by atoms with Crippen LogP contribution in [-0.4, -0.2) is 28.0 Å². The highest BCUT2D eigenvalue weighted by Crippen LogP contribution is 2.29. The van der Waals surface area contributed by atoms with E-state index in [-0.39, 0.29) is 10.9 Å². The third kappa shape index (κ3) is 1.83. The van der Waals surface area contributed by atoms with E-state index in [0.717, 1.165) is 0 Å². The van der Waals surface area contributed by atoms with Gasteiger partial charge >= 0.3 is 12.1 Å². The van der Waals surface area contributed by atoms with Gasteiger partial charge in [-0.1, -0.05) is 18.2 Å². The summed E-state index contributed by atoms with van der Waals surface area (Å²) >= 11 is 0. The number of carbonyl (C=O) groups excluding carboxylic acids is 1. The fraction of sp³-hybridized carbons (Fsp3) is 0.0909. The summed E-state index contributed by atoms with van der Waals surface area (Å²) in [6.07, 6.45) is -5.12. The molecule has 0 aliphatic rings. The molecule has 0 aliphatic heterocycles. The van der Waals surface area contributed by atoms with Crippen LogP contribution >= 0.6 is 0 Å². The number of benzene rings is 1. The lowest BCUT2D eigenvalue weighted by Gasteiger charge is -2.04. The summed E-state index contributed by atoms with van der Waals surface area (Å²) in [5, 5.41) is 8.77. The lowest BCUT2D eigenvalue weighted by Crippen LogP contribution is -2.24. The number of carboxylic acid groups (broad SMARTS) is 1. The lowest BCUT2D eigenvalue weighted by molar-refractivity contribution is -0.0884. The van der Waals surface area contributed by atoms with E-state index in [4.69, 9.17) is 5.11 Å². The Balaban J connectivity index is 2.78. The second-order valence-corrected chi connectivity index (χ2v) is 3.55. The van der Waals surface area contributed by atoms with Gasteiger partial charge < -0.3 is 10.1 Å². The highest BCUT2D eigenvalue weighted by atomic mass is 19.4. The molecule has 0 spiro atoms. The van der Waals surface area contributed by atoms with Gasteiger partial charge in [-0.2, -0.15) is 13.2 Å². The molecule has 4 nitrogen and oxygen atoms in total. The third-order valence-corrected chi connectivity index (χ3v) is 2.40. The summed E-state index contributed by atoms with van der Waals surface area (Å²) in [6.45, 7) is 0. The summed E-state index contributed by atoms with van der Waals surface area (Å²) in [5.74, 6) is -3.78. The molecule has 18 heavy (non-hydrogen) atoms. The van der Waals surface area contributed by atoms with Crippen LogP contribution in [0, 0.1) is 0 Å². The van der Waals surface area contributed by atoms with Crippen molar-refractivity contribution < 1.29 is 27.9 Å². The summed E-state index contributed by atoms with van der Waals surface area (Å²) in [5.41, 5.74) is -1.44. The fourth-order valence-corrected chi connectivity index (χ4v) is 1.68. The minimum absolute atomic E-state index is 0.0581. The van der Waals surface area contributed by atoms with E-state index in [2.05, 4.69) is 4.98 Å². The molecule has 2 rings (SSSR count). The van der Waals surface area contributed by atoms with Crippen LogP contribution in [0.15, 0.2) is 24.3 Å². The summed E-state index contributed by atoms with van der Waals surface area (Å²) in [6, 6.07) is 5.60. The molecule has 0 fully saturated rings. The van der Waals surface area contributed by atoms with Crippen LogP contribution in [0.4, 0.5) is 13.2 Å². The predicted molar refractivity (Wildman–Crippen MR) is 55.6 cm³/mol. The third-order valence-electron chi connectivity index (χ3n) is 2.40. The number of aromatic amines is 1. The number of H-pyrrole nitrogens is 1. The van der Waals surface area contributed by atoms with Crippen LogP contribution in [0.2, 0.25) is 0 Å². The molecule has 0 radical (unpaired) electrons. The summed E-state index contributed by atoms with van der Waals surface area (Å²) < 4.78 is 37.3. The Labute approximate surface area is 98.0 Å². The van der Waals surface area contributed by atoms with Crippen molar-refractivity contribution in [3.05, 3.63) is 35.5 Å². The van der Waals surface area contributed by atoms with Crippen LogP contribution in [0.5, 0.6) is 0 Å². The van der Waals surface area contributed by atoms with Crippen LogP contribution in [0.1, 0.15) is 20.8 Å². The predicted octanol–water partition coefficient (Wildman–Crippen LogP) is 2.61. The van der Waals surface area contributed by atoms with E-state index < -0.39 is 29.2 Å². The van der Waals surface area contributed by atoms with Gasteiger partial charge in [0.1, 0.15) is 5.69 Å². The van der Waals surface area contributed by atoms with E-state index in [1.54, 1.807) is 0 Å². The van der Waals surface area contributed by atoms with Gasteiger partial charge in [0.15, 0.2) is 0 Å². The molecule has 1 aromatic carbocycles. The molecule has 2 aromatic rings. The maximum absolute atomic E-state index is 12.4. The smallest absolute Gasteiger partial charge is 0.454 e. The Hall–Kier alpha value is -2.31. The lowest BCUT2D eigenvalue weighted by atomic mass is 10.1. The number of nitrogens with one attached hydrogen (secondary N) is 1. The monoisotopic (exact) mass is 257 g/mol. The molecule has 7 heteroatoms. The number of ketones is 1. The summed E-state index contributed by atoms with van der Waals surface area (Å²) in [7, 11) is 0. The molecule has 0 saturated carbocycles. The molecule has 1 aromatic heterocycles. The first-order valence-electron chi connectivity index (χ1n) is 4.78. The molecule has 1 heterocycles. The van der Waals surface area contributed by atoms with Crippen molar-refractivity contribution in [2.75, 3.05) is 0 Å². The van der Waals surface area contributed by atoms with Crippen LogP contribution in [-0.2, 0) is 0 Å². The Morgan fingerprint density at radius 2 is 1.78 bits per heavy atom. The first-order valence-corrected chi connectivity index (χ1v) is 4.78. The fourth-order valence-electron chi connectivity index (χ4n) is 1.68. The first kappa shape index (κ1) is 12.2. The zero-order chi connectivity index (χ0) is 13.5. The number of halogens is 3. The van der Waals surface area contributed by atoms with Gasteiger partial charge in [0.05, 0.1) is 5.56 Å². The van der Waals surface area contributed by atoms with E-state index in [9.17, 15) is 22.8 Å². The van der Waals surface area contributed by atoms with Gasteiger partial charge in [-0.15, -0.1) is 0 Å². The van der Waals surface area contributed by atoms with Crippen molar-refractivity contribution in [2.45, 2.75) is 6.18 Å². The molecular weight excluding hydrogens is 251 g/mol. The van der Waals surface area contributed by atoms with E-state index in [1.165, 1.54) is 24.3 Å². The Morgan fingerprint density at radius 3 is 2.33 bits per heavy atom. The van der Waals surface area contributed by atoms with E-state index >= 15 is 0 Å². The Morgan fingerprint density at radius 1 is 1.17 bits per heavy atom. The zero-order valence-corrected chi connectivity index (χ0v) is 8.71.